The summed E-state index contributed by atoms with van der Waals surface area (Å²) in [6, 6.07) is 1.23. The molecule has 0 aromatic carbocycles. The van der Waals surface area contributed by atoms with Crippen LogP contribution in [-0.4, -0.2) is 60.5 Å². The molecular weight excluding hydrogens is 298 g/mol. The number of carbonyl (C=O) groups excluding carboxylic acids is 1. The lowest BCUT2D eigenvalue weighted by Gasteiger charge is -2.29. The molecule has 114 valence electrons. The Kier molecular flexibility index (Phi) is 4.92. The van der Waals surface area contributed by atoms with Crippen LogP contribution in [0.1, 0.15) is 0 Å². The van der Waals surface area contributed by atoms with E-state index in [1.165, 1.54) is 6.07 Å². The van der Waals surface area contributed by atoms with Crippen molar-refractivity contribution >= 4 is 29.0 Å². The van der Waals surface area contributed by atoms with Crippen molar-refractivity contribution in [2.24, 2.45) is 0 Å². The van der Waals surface area contributed by atoms with Gasteiger partial charge in [-0.25, -0.2) is 4.98 Å². The first-order valence-corrected chi connectivity index (χ1v) is 6.86. The summed E-state index contributed by atoms with van der Waals surface area (Å²) in [6.45, 7) is 3.05. The van der Waals surface area contributed by atoms with Crippen molar-refractivity contribution in [1.29, 1.82) is 0 Å². The van der Waals surface area contributed by atoms with E-state index in [4.69, 9.17) is 11.6 Å². The molecule has 1 aliphatic heterocycles. The number of hydrogen-bond donors (Lipinski definition) is 1. The molecule has 2 heterocycles. The normalized spacial score (nSPS) is 14.9. The van der Waals surface area contributed by atoms with Crippen LogP contribution in [0.3, 0.4) is 0 Å². The maximum atomic E-state index is 12.1. The Morgan fingerprint density at radius 1 is 1.57 bits per heavy atom. The molecule has 0 aliphatic carbocycles. The molecule has 1 amide bonds. The summed E-state index contributed by atoms with van der Waals surface area (Å²) in [7, 11) is 1.68. The number of amides is 1. The number of anilines is 1. The van der Waals surface area contributed by atoms with E-state index in [0.29, 0.717) is 18.9 Å². The fraction of sp³-hybridized carbons (Fsp3) is 0.500. The molecule has 1 fully saturated rings. The molecular formula is C12H16ClN5O3. The highest BCUT2D eigenvalue weighted by Gasteiger charge is 2.20. The first kappa shape index (κ1) is 15.5. The minimum atomic E-state index is -0.561. The number of halogens is 1. The van der Waals surface area contributed by atoms with E-state index in [-0.39, 0.29) is 23.2 Å². The van der Waals surface area contributed by atoms with Crippen molar-refractivity contribution in [2.45, 2.75) is 0 Å². The lowest BCUT2D eigenvalue weighted by atomic mass is 10.3. The third-order valence-electron chi connectivity index (χ3n) is 3.22. The first-order valence-electron chi connectivity index (χ1n) is 6.48. The van der Waals surface area contributed by atoms with Crippen LogP contribution in [0.4, 0.5) is 11.5 Å². The molecule has 0 spiro atoms. The molecule has 2 rings (SSSR count). The Morgan fingerprint density at radius 2 is 2.24 bits per heavy atom. The summed E-state index contributed by atoms with van der Waals surface area (Å²) in [5.74, 6) is 0.334. The molecule has 0 atom stereocenters. The summed E-state index contributed by atoms with van der Waals surface area (Å²) in [4.78, 5) is 29.6. The van der Waals surface area contributed by atoms with Crippen LogP contribution in [0.15, 0.2) is 12.3 Å². The highest BCUT2D eigenvalue weighted by molar-refractivity contribution is 6.33. The lowest BCUT2D eigenvalue weighted by molar-refractivity contribution is -0.385. The van der Waals surface area contributed by atoms with E-state index < -0.39 is 4.92 Å². The molecule has 1 aromatic heterocycles. The van der Waals surface area contributed by atoms with E-state index in [1.807, 2.05) is 0 Å². The van der Waals surface area contributed by atoms with Crippen molar-refractivity contribution in [3.63, 3.8) is 0 Å². The van der Waals surface area contributed by atoms with Gasteiger partial charge in [0.2, 0.25) is 5.91 Å². The van der Waals surface area contributed by atoms with Crippen molar-refractivity contribution in [3.05, 3.63) is 27.4 Å². The largest absolute Gasteiger partial charge is 0.349 e. The molecule has 0 bridgehead atoms. The highest BCUT2D eigenvalue weighted by Crippen LogP contribution is 2.26. The maximum absolute atomic E-state index is 12.1. The quantitative estimate of drug-likeness (QED) is 0.643. The molecule has 1 aliphatic rings. The van der Waals surface area contributed by atoms with Gasteiger partial charge in [-0.15, -0.1) is 0 Å². The number of nitro groups is 1. The van der Waals surface area contributed by atoms with Crippen LogP contribution in [0.5, 0.6) is 0 Å². The van der Waals surface area contributed by atoms with Crippen molar-refractivity contribution in [3.8, 4) is 0 Å². The van der Waals surface area contributed by atoms with Gasteiger partial charge in [0.05, 0.1) is 16.5 Å². The number of nitrogens with zero attached hydrogens (tertiary/aromatic N) is 4. The van der Waals surface area contributed by atoms with Gasteiger partial charge in [0.15, 0.2) is 0 Å². The first-order chi connectivity index (χ1) is 9.99. The highest BCUT2D eigenvalue weighted by atomic mass is 35.5. The molecule has 8 nitrogen and oxygen atoms in total. The van der Waals surface area contributed by atoms with Crippen molar-refractivity contribution in [2.75, 3.05) is 44.7 Å². The molecule has 1 aromatic rings. The van der Waals surface area contributed by atoms with Crippen LogP contribution in [-0.2, 0) is 4.79 Å². The minimum absolute atomic E-state index is 0.0183. The average molecular weight is 314 g/mol. The second-order valence-electron chi connectivity index (χ2n) is 4.74. The average Bonchev–Trinajstić information content (AvgIpc) is 2.47. The third kappa shape index (κ3) is 3.79. The molecule has 1 N–H and O–H groups in total. The van der Waals surface area contributed by atoms with E-state index in [0.717, 1.165) is 19.3 Å². The Hall–Kier alpha value is -1.93. The van der Waals surface area contributed by atoms with Gasteiger partial charge < -0.3 is 15.1 Å². The fourth-order valence-electron chi connectivity index (χ4n) is 2.09. The number of piperazine rings is 1. The second kappa shape index (κ2) is 6.68. The Bertz CT molecular complexity index is 548. The van der Waals surface area contributed by atoms with Gasteiger partial charge in [-0.2, -0.15) is 0 Å². The van der Waals surface area contributed by atoms with Gasteiger partial charge in [0.1, 0.15) is 12.0 Å². The summed E-state index contributed by atoms with van der Waals surface area (Å²) in [5.41, 5.74) is -0.175. The molecule has 0 saturated carbocycles. The predicted molar refractivity (Wildman–Crippen MR) is 78.6 cm³/mol. The van der Waals surface area contributed by atoms with Gasteiger partial charge >= 0.3 is 0 Å². The van der Waals surface area contributed by atoms with Crippen molar-refractivity contribution in [1.82, 2.24) is 15.2 Å². The smallest absolute Gasteiger partial charge is 0.289 e. The van der Waals surface area contributed by atoms with Gasteiger partial charge in [0.25, 0.3) is 5.69 Å². The SMILES string of the molecule is CN(CC(=O)N1CCNCC1)c1ncc([N+](=O)[O-])cc1Cl. The minimum Gasteiger partial charge on any atom is -0.349 e. The number of rotatable bonds is 4. The predicted octanol–water partition coefficient (Wildman–Crippen LogP) is 0.511. The number of carbonyl (C=O) groups is 1. The van der Waals surface area contributed by atoms with E-state index >= 15 is 0 Å². The van der Waals surface area contributed by atoms with E-state index in [9.17, 15) is 14.9 Å². The Morgan fingerprint density at radius 3 is 2.81 bits per heavy atom. The monoisotopic (exact) mass is 313 g/mol. The Balaban J connectivity index is 2.04. The zero-order valence-corrected chi connectivity index (χ0v) is 12.3. The number of hydrogen-bond acceptors (Lipinski definition) is 6. The summed E-state index contributed by atoms with van der Waals surface area (Å²) < 4.78 is 0. The van der Waals surface area contributed by atoms with Crippen LogP contribution >= 0.6 is 11.6 Å². The van der Waals surface area contributed by atoms with Gasteiger partial charge in [0, 0.05) is 39.3 Å². The number of aromatic nitrogens is 1. The van der Waals surface area contributed by atoms with Crippen LogP contribution in [0, 0.1) is 10.1 Å². The fourth-order valence-corrected chi connectivity index (χ4v) is 2.40. The number of nitrogens with one attached hydrogen (secondary N) is 1. The molecule has 0 radical (unpaired) electrons. The topological polar surface area (TPSA) is 91.6 Å². The zero-order chi connectivity index (χ0) is 15.4. The van der Waals surface area contributed by atoms with Crippen molar-refractivity contribution < 1.29 is 9.72 Å². The Labute approximate surface area is 126 Å². The molecule has 1 saturated heterocycles. The lowest BCUT2D eigenvalue weighted by Crippen LogP contribution is -2.49. The van der Waals surface area contributed by atoms with Crippen LogP contribution < -0.4 is 10.2 Å². The molecule has 0 unspecified atom stereocenters. The van der Waals surface area contributed by atoms with Gasteiger partial charge in [-0.3, -0.25) is 14.9 Å². The van der Waals surface area contributed by atoms with E-state index in [2.05, 4.69) is 10.3 Å². The number of likely N-dealkylation sites (N-methyl/N-ethyl adjacent to an activating group) is 1. The summed E-state index contributed by atoms with van der Waals surface area (Å²) in [5, 5.41) is 14.0. The molecule has 9 heteroatoms. The number of pyridine rings is 1. The third-order valence-corrected chi connectivity index (χ3v) is 3.50. The zero-order valence-electron chi connectivity index (χ0n) is 11.6. The summed E-state index contributed by atoms with van der Waals surface area (Å²) in [6.07, 6.45) is 1.13. The van der Waals surface area contributed by atoms with Gasteiger partial charge in [-0.05, 0) is 0 Å². The second-order valence-corrected chi connectivity index (χ2v) is 5.15. The summed E-state index contributed by atoms with van der Waals surface area (Å²) >= 11 is 5.99. The standard InChI is InChI=1S/C12H16ClN5O3/c1-16(8-11(19)17-4-2-14-3-5-17)12-10(13)6-9(7-15-12)18(20)21/h6-7,14H,2-5,8H2,1H3. The maximum Gasteiger partial charge on any atom is 0.289 e. The van der Waals surface area contributed by atoms with Gasteiger partial charge in [-0.1, -0.05) is 11.6 Å². The van der Waals surface area contributed by atoms with Crippen LogP contribution in [0.2, 0.25) is 5.02 Å². The van der Waals surface area contributed by atoms with Crippen LogP contribution in [0.25, 0.3) is 0 Å². The van der Waals surface area contributed by atoms with E-state index in [1.54, 1.807) is 16.8 Å². The molecule has 21 heavy (non-hydrogen) atoms.